The third-order valence-electron chi connectivity index (χ3n) is 3.89. The topological polar surface area (TPSA) is 60.7 Å². The van der Waals surface area contributed by atoms with E-state index in [4.69, 9.17) is 14.4 Å². The van der Waals surface area contributed by atoms with Crippen LogP contribution in [-0.4, -0.2) is 54.9 Å². The van der Waals surface area contributed by atoms with Crippen molar-refractivity contribution in [2.75, 3.05) is 27.2 Å². The molecule has 4 nitrogen and oxygen atoms in total. The summed E-state index contributed by atoms with van der Waals surface area (Å²) in [5.41, 5.74) is 0. The molecule has 0 fully saturated rings. The van der Waals surface area contributed by atoms with Crippen molar-refractivity contribution in [1.29, 1.82) is 0 Å². The molecule has 0 aromatic heterocycles. The van der Waals surface area contributed by atoms with Crippen molar-refractivity contribution in [3.8, 4) is 0 Å². The van der Waals surface area contributed by atoms with E-state index in [2.05, 4.69) is 21.0 Å². The molecule has 0 amide bonds. The van der Waals surface area contributed by atoms with Gasteiger partial charge in [-0.25, -0.2) is 0 Å². The Hall–Kier alpha value is 0.347. The highest BCUT2D eigenvalue weighted by Crippen LogP contribution is 2.12. The second-order valence-electron chi connectivity index (χ2n) is 6.74. The van der Waals surface area contributed by atoms with Gasteiger partial charge in [-0.15, -0.1) is 0 Å². The first kappa shape index (κ1) is 23.6. The first-order valence-electron chi connectivity index (χ1n) is 8.26. The lowest BCUT2D eigenvalue weighted by Gasteiger charge is -2.30. The van der Waals surface area contributed by atoms with E-state index in [9.17, 15) is 0 Å². The molecule has 0 aliphatic rings. The van der Waals surface area contributed by atoms with Crippen LogP contribution in [0.1, 0.15) is 64.7 Å². The number of nitrogens with zero attached hydrogens (tertiary/aromatic N) is 1. The van der Waals surface area contributed by atoms with Crippen LogP contribution >= 0.6 is 0 Å². The Labute approximate surface area is 138 Å². The van der Waals surface area contributed by atoms with Gasteiger partial charge < -0.3 is 31.3 Å². The van der Waals surface area contributed by atoms with Gasteiger partial charge in [-0.1, -0.05) is 45.4 Å². The van der Waals surface area contributed by atoms with E-state index < -0.39 is 8.80 Å². The van der Waals surface area contributed by atoms with Crippen molar-refractivity contribution in [1.82, 2.24) is 0 Å². The second kappa shape index (κ2) is 12.8. The molecular formula is C15H36ClNO3Si. The molecule has 0 aliphatic carbocycles. The van der Waals surface area contributed by atoms with Crippen LogP contribution in [0, 0.1) is 0 Å². The molecule has 0 unspecified atom stereocenters. The maximum absolute atomic E-state index is 8.99. The van der Waals surface area contributed by atoms with Crippen molar-refractivity contribution in [3.63, 3.8) is 0 Å². The summed E-state index contributed by atoms with van der Waals surface area (Å²) in [7, 11) is 0.527. The molecule has 6 heteroatoms. The number of rotatable bonds is 13. The van der Waals surface area contributed by atoms with Crippen LogP contribution in [0.5, 0.6) is 0 Å². The molecule has 0 saturated carbocycles. The summed E-state index contributed by atoms with van der Waals surface area (Å²) < 4.78 is 0.903. The minimum Gasteiger partial charge on any atom is -1.00 e. The molecule has 0 saturated heterocycles. The van der Waals surface area contributed by atoms with Crippen molar-refractivity contribution in [2.45, 2.75) is 70.8 Å². The molecule has 0 bridgehead atoms. The first-order chi connectivity index (χ1) is 9.27. The monoisotopic (exact) mass is 341 g/mol. The van der Waals surface area contributed by atoms with Crippen LogP contribution in [0.15, 0.2) is 0 Å². The zero-order valence-electron chi connectivity index (χ0n) is 14.2. The lowest BCUT2D eigenvalue weighted by molar-refractivity contribution is -0.890. The van der Waals surface area contributed by atoms with Crippen LogP contribution in [-0.2, 0) is 0 Å². The lowest BCUT2D eigenvalue weighted by Crippen LogP contribution is -3.00. The van der Waals surface area contributed by atoms with Gasteiger partial charge in [-0.2, -0.15) is 0 Å². The summed E-state index contributed by atoms with van der Waals surface area (Å²) in [4.78, 5) is 27.0. The van der Waals surface area contributed by atoms with E-state index in [1.165, 1.54) is 51.4 Å². The van der Waals surface area contributed by atoms with Crippen LogP contribution in [0.25, 0.3) is 0 Å². The van der Waals surface area contributed by atoms with Gasteiger partial charge in [-0.05, 0) is 12.8 Å². The Morgan fingerprint density at radius 3 is 1.62 bits per heavy atom. The van der Waals surface area contributed by atoms with Gasteiger partial charge in [0.2, 0.25) is 0 Å². The zero-order chi connectivity index (χ0) is 15.5. The fourth-order valence-corrected chi connectivity index (χ4v) is 3.16. The van der Waals surface area contributed by atoms with Crippen molar-refractivity contribution < 1.29 is 31.3 Å². The normalized spacial score (nSPS) is 12.3. The maximum atomic E-state index is 8.99. The van der Waals surface area contributed by atoms with Crippen LogP contribution in [0.4, 0.5) is 0 Å². The average Bonchev–Trinajstić information content (AvgIpc) is 2.30. The number of hydrogen-bond donors (Lipinski definition) is 3. The SMILES string of the molecule is CCCCCCCCCC[N+](C)(C)CCC[Si](O)(O)O.[Cl-]. The van der Waals surface area contributed by atoms with Gasteiger partial charge >= 0.3 is 8.80 Å². The molecular weight excluding hydrogens is 306 g/mol. The fraction of sp³-hybridized carbons (Fsp3) is 1.00. The summed E-state index contributed by atoms with van der Waals surface area (Å²) in [6.45, 7) is 4.27. The molecule has 0 aromatic rings. The van der Waals surface area contributed by atoms with Gasteiger partial charge in [0.1, 0.15) is 0 Å². The fourth-order valence-electron chi connectivity index (χ4n) is 2.53. The molecule has 0 aliphatic heterocycles. The number of hydrogen-bond acceptors (Lipinski definition) is 3. The van der Waals surface area contributed by atoms with E-state index in [-0.39, 0.29) is 18.5 Å². The largest absolute Gasteiger partial charge is 1.00 e. The van der Waals surface area contributed by atoms with Crippen LogP contribution < -0.4 is 12.4 Å². The van der Waals surface area contributed by atoms with Crippen LogP contribution in [0.2, 0.25) is 6.04 Å². The lowest BCUT2D eigenvalue weighted by atomic mass is 10.1. The summed E-state index contributed by atoms with van der Waals surface area (Å²) in [6.07, 6.45) is 11.4. The summed E-state index contributed by atoms with van der Waals surface area (Å²) >= 11 is 0. The number of halogens is 1. The van der Waals surface area contributed by atoms with Gasteiger partial charge in [0.15, 0.2) is 0 Å². The highest BCUT2D eigenvalue weighted by Gasteiger charge is 2.27. The summed E-state index contributed by atoms with van der Waals surface area (Å²) in [5.74, 6) is 0. The first-order valence-corrected chi connectivity index (χ1v) is 10.3. The minimum atomic E-state index is -3.83. The number of quaternary nitrogens is 1. The predicted molar refractivity (Wildman–Crippen MR) is 86.3 cm³/mol. The third kappa shape index (κ3) is 18.3. The molecule has 130 valence electrons. The van der Waals surface area contributed by atoms with Crippen molar-refractivity contribution >= 4 is 8.80 Å². The Morgan fingerprint density at radius 2 is 1.14 bits per heavy atom. The van der Waals surface area contributed by atoms with E-state index in [0.717, 1.165) is 17.6 Å². The quantitative estimate of drug-likeness (QED) is 0.241. The molecule has 0 spiro atoms. The average molecular weight is 342 g/mol. The van der Waals surface area contributed by atoms with Gasteiger partial charge in [0, 0.05) is 12.5 Å². The highest BCUT2D eigenvalue weighted by molar-refractivity contribution is 6.56. The van der Waals surface area contributed by atoms with Gasteiger partial charge in [0.05, 0.1) is 27.2 Å². The van der Waals surface area contributed by atoms with Crippen molar-refractivity contribution in [3.05, 3.63) is 0 Å². The van der Waals surface area contributed by atoms with Crippen molar-refractivity contribution in [2.24, 2.45) is 0 Å². The Kier molecular flexibility index (Phi) is 14.4. The molecule has 21 heavy (non-hydrogen) atoms. The molecule has 0 aromatic carbocycles. The Bertz CT molecular complexity index is 235. The summed E-state index contributed by atoms with van der Waals surface area (Å²) in [6, 6.07) is 0.159. The maximum Gasteiger partial charge on any atom is 0.492 e. The highest BCUT2D eigenvalue weighted by atomic mass is 35.5. The molecule has 0 radical (unpaired) electrons. The second-order valence-corrected chi connectivity index (χ2v) is 8.78. The zero-order valence-corrected chi connectivity index (χ0v) is 15.9. The predicted octanol–water partition coefficient (Wildman–Crippen LogP) is -0.487. The van der Waals surface area contributed by atoms with E-state index in [0.29, 0.717) is 6.42 Å². The number of unbranched alkanes of at least 4 members (excludes halogenated alkanes) is 7. The molecule has 0 rings (SSSR count). The third-order valence-corrected chi connectivity index (χ3v) is 4.92. The van der Waals surface area contributed by atoms with Gasteiger partial charge in [0.25, 0.3) is 0 Å². The van der Waals surface area contributed by atoms with E-state index >= 15 is 0 Å². The molecule has 0 heterocycles. The minimum absolute atomic E-state index is 0. The molecule has 3 N–H and O–H groups in total. The smallest absolute Gasteiger partial charge is 0.492 e. The van der Waals surface area contributed by atoms with E-state index in [1.54, 1.807) is 0 Å². The summed E-state index contributed by atoms with van der Waals surface area (Å²) in [5, 5.41) is 0. The Balaban J connectivity index is 0. The van der Waals surface area contributed by atoms with Gasteiger partial charge in [-0.3, -0.25) is 0 Å². The molecule has 0 atom stereocenters. The van der Waals surface area contributed by atoms with E-state index in [1.807, 2.05) is 0 Å². The standard InChI is InChI=1S/C15H36NO3Si.ClH/c1-4-5-6-7-8-9-10-11-13-16(2,3)14-12-15-20(17,18)19;/h17-19H,4-15H2,1-3H3;1H/q+1;/p-1. The Morgan fingerprint density at radius 1 is 0.714 bits per heavy atom. The van der Waals surface area contributed by atoms with Crippen LogP contribution in [0.3, 0.4) is 0 Å².